The molecule has 2 unspecified atom stereocenters. The van der Waals surface area contributed by atoms with Crippen LogP contribution in [0.1, 0.15) is 18.4 Å². The van der Waals surface area contributed by atoms with E-state index in [0.29, 0.717) is 5.95 Å². The van der Waals surface area contributed by atoms with E-state index in [1.54, 1.807) is 0 Å². The molecule has 186 valence electrons. The van der Waals surface area contributed by atoms with Gasteiger partial charge >= 0.3 is 0 Å². The van der Waals surface area contributed by atoms with Crippen LogP contribution in [0.5, 0.6) is 0 Å². The molecule has 0 amide bonds. The number of hydrogen-bond donors (Lipinski definition) is 0. The van der Waals surface area contributed by atoms with Crippen molar-refractivity contribution in [2.75, 3.05) is 4.90 Å². The van der Waals surface area contributed by atoms with Crippen LogP contribution in [0.15, 0.2) is 128 Å². The van der Waals surface area contributed by atoms with Crippen LogP contribution in [-0.4, -0.2) is 25.1 Å². The van der Waals surface area contributed by atoms with E-state index in [9.17, 15) is 0 Å². The minimum atomic E-state index is -0.259. The first-order valence-corrected chi connectivity index (χ1v) is 13.2. The van der Waals surface area contributed by atoms with Crippen LogP contribution < -0.4 is 4.90 Å². The third-order valence-corrected chi connectivity index (χ3v) is 8.18. The Morgan fingerprint density at radius 1 is 0.718 bits per heavy atom. The summed E-state index contributed by atoms with van der Waals surface area (Å²) in [7, 11) is 0. The summed E-state index contributed by atoms with van der Waals surface area (Å²) in [5.74, 6) is 0.950. The van der Waals surface area contributed by atoms with Gasteiger partial charge in [0.15, 0.2) is 0 Å². The molecule has 0 radical (unpaired) electrons. The zero-order valence-electron chi connectivity index (χ0n) is 21.4. The van der Waals surface area contributed by atoms with E-state index in [1.165, 1.54) is 10.9 Å². The van der Waals surface area contributed by atoms with E-state index in [0.717, 1.165) is 39.1 Å². The van der Waals surface area contributed by atoms with Gasteiger partial charge in [0.05, 0.1) is 46.5 Å². The van der Waals surface area contributed by atoms with Crippen molar-refractivity contribution >= 4 is 33.4 Å². The van der Waals surface area contributed by atoms with E-state index in [4.69, 9.17) is 15.0 Å². The Balaban J connectivity index is 1.26. The van der Waals surface area contributed by atoms with Crippen molar-refractivity contribution in [3.63, 3.8) is 0 Å². The normalized spacial score (nSPS) is 19.5. The lowest BCUT2D eigenvalue weighted by molar-refractivity contribution is 0.534. The molecule has 0 saturated heterocycles. The highest BCUT2D eigenvalue weighted by atomic mass is 15.3. The topological polar surface area (TPSA) is 46.8 Å². The first kappa shape index (κ1) is 22.0. The summed E-state index contributed by atoms with van der Waals surface area (Å²) in [5.41, 5.74) is 7.31. The van der Waals surface area contributed by atoms with Gasteiger partial charge in [0.25, 0.3) is 0 Å². The Hall–Kier alpha value is -5.03. The number of benzene rings is 3. The summed E-state index contributed by atoms with van der Waals surface area (Å²) in [6, 6.07) is 29.5. The highest BCUT2D eigenvalue weighted by Gasteiger charge is 2.47. The molecule has 2 aliphatic rings. The van der Waals surface area contributed by atoms with Crippen molar-refractivity contribution in [2.45, 2.75) is 18.4 Å². The van der Waals surface area contributed by atoms with Gasteiger partial charge in [-0.15, -0.1) is 0 Å². The molecule has 39 heavy (non-hydrogen) atoms. The predicted octanol–water partition coefficient (Wildman–Crippen LogP) is 7.76. The molecule has 5 nitrogen and oxygen atoms in total. The first-order chi connectivity index (χ1) is 19.2. The van der Waals surface area contributed by atoms with Crippen molar-refractivity contribution in [2.24, 2.45) is 0 Å². The Bertz CT molecular complexity index is 1930. The molecule has 6 aromatic rings. The standard InChI is InChI=1S/C34H25N5/c1-34-18-10-9-15-28(34)26-14-6-8-17-31(26)39(34)33-36-20-24(21-37-33)38-30-16-7-5-13-25(30)27-19-29(35-22-32(27)38)23-11-3-2-4-12-23/h2-22,28H,1H3. The number of para-hydroxylation sites is 2. The number of allylic oxidation sites excluding steroid dienone is 2. The van der Waals surface area contributed by atoms with Crippen molar-refractivity contribution in [1.29, 1.82) is 0 Å². The SMILES string of the molecule is CC12C=CC=CC1c1ccccc1N2c1ncc(-n2c3ccccc3c3cc(-c4ccccc4)ncc32)cn1. The van der Waals surface area contributed by atoms with Gasteiger partial charge in [-0.1, -0.05) is 91.0 Å². The zero-order chi connectivity index (χ0) is 26.0. The second-order valence-corrected chi connectivity index (χ2v) is 10.4. The van der Waals surface area contributed by atoms with Gasteiger partial charge in [-0.3, -0.25) is 9.88 Å². The minimum absolute atomic E-state index is 0.254. The molecule has 3 aromatic carbocycles. The predicted molar refractivity (Wildman–Crippen MR) is 158 cm³/mol. The lowest BCUT2D eigenvalue weighted by Crippen LogP contribution is -2.42. The third-order valence-electron chi connectivity index (χ3n) is 8.18. The summed E-state index contributed by atoms with van der Waals surface area (Å²) < 4.78 is 2.21. The molecule has 0 fully saturated rings. The Morgan fingerprint density at radius 2 is 1.49 bits per heavy atom. The summed E-state index contributed by atoms with van der Waals surface area (Å²) in [5, 5.41) is 2.34. The first-order valence-electron chi connectivity index (χ1n) is 13.2. The Morgan fingerprint density at radius 3 is 2.36 bits per heavy atom. The van der Waals surface area contributed by atoms with Crippen LogP contribution in [-0.2, 0) is 0 Å². The number of rotatable bonds is 3. The van der Waals surface area contributed by atoms with Gasteiger partial charge < -0.3 is 4.57 Å². The fourth-order valence-electron chi connectivity index (χ4n) is 6.35. The number of fused-ring (bicyclic) bond motifs is 6. The number of aromatic nitrogens is 4. The molecule has 0 N–H and O–H groups in total. The van der Waals surface area contributed by atoms with Crippen LogP contribution in [0.2, 0.25) is 0 Å². The molecule has 0 saturated carbocycles. The quantitative estimate of drug-likeness (QED) is 0.248. The van der Waals surface area contributed by atoms with Crippen molar-refractivity contribution in [3.05, 3.63) is 133 Å². The summed E-state index contributed by atoms with van der Waals surface area (Å²) in [6.07, 6.45) is 14.6. The van der Waals surface area contributed by atoms with Crippen LogP contribution in [0.4, 0.5) is 11.6 Å². The van der Waals surface area contributed by atoms with Crippen LogP contribution >= 0.6 is 0 Å². The lowest BCUT2D eigenvalue weighted by atomic mass is 9.81. The van der Waals surface area contributed by atoms with Gasteiger partial charge in [-0.2, -0.15) is 0 Å². The van der Waals surface area contributed by atoms with Crippen LogP contribution in [0.3, 0.4) is 0 Å². The van der Waals surface area contributed by atoms with E-state index in [2.05, 4.69) is 107 Å². The molecular formula is C34H25N5. The van der Waals surface area contributed by atoms with Gasteiger partial charge in [0, 0.05) is 27.9 Å². The molecule has 8 rings (SSSR count). The number of nitrogens with zero attached hydrogens (tertiary/aromatic N) is 5. The Labute approximate surface area is 226 Å². The largest absolute Gasteiger partial charge is 0.305 e. The Kier molecular flexibility index (Phi) is 4.65. The molecule has 2 atom stereocenters. The average molecular weight is 504 g/mol. The fourth-order valence-corrected chi connectivity index (χ4v) is 6.35. The summed E-state index contributed by atoms with van der Waals surface area (Å²) in [6.45, 7) is 2.26. The summed E-state index contributed by atoms with van der Waals surface area (Å²) in [4.78, 5) is 17.0. The monoisotopic (exact) mass is 503 g/mol. The highest BCUT2D eigenvalue weighted by Crippen LogP contribution is 2.52. The molecule has 0 spiro atoms. The van der Waals surface area contributed by atoms with Crippen LogP contribution in [0, 0.1) is 0 Å². The maximum atomic E-state index is 4.95. The van der Waals surface area contributed by atoms with Crippen LogP contribution in [0.25, 0.3) is 38.8 Å². The lowest BCUT2D eigenvalue weighted by Gasteiger charge is -2.37. The zero-order valence-corrected chi connectivity index (χ0v) is 21.4. The molecule has 5 heteroatoms. The van der Waals surface area contributed by atoms with Crippen molar-refractivity contribution in [1.82, 2.24) is 19.5 Å². The minimum Gasteiger partial charge on any atom is -0.305 e. The smallest absolute Gasteiger partial charge is 0.230 e. The van der Waals surface area contributed by atoms with E-state index in [1.807, 2.05) is 36.8 Å². The van der Waals surface area contributed by atoms with E-state index in [-0.39, 0.29) is 11.5 Å². The van der Waals surface area contributed by atoms with E-state index < -0.39 is 0 Å². The fraction of sp³-hybridized carbons (Fsp3) is 0.0882. The van der Waals surface area contributed by atoms with Gasteiger partial charge in [0.2, 0.25) is 5.95 Å². The molecule has 1 aliphatic carbocycles. The molecule has 1 aliphatic heterocycles. The van der Waals surface area contributed by atoms with Gasteiger partial charge in [-0.25, -0.2) is 9.97 Å². The maximum absolute atomic E-state index is 4.95. The number of anilines is 2. The maximum Gasteiger partial charge on any atom is 0.230 e. The molecule has 3 aromatic heterocycles. The van der Waals surface area contributed by atoms with Gasteiger partial charge in [-0.05, 0) is 30.7 Å². The number of pyridine rings is 1. The summed E-state index contributed by atoms with van der Waals surface area (Å²) >= 11 is 0. The van der Waals surface area contributed by atoms with Crippen molar-refractivity contribution < 1.29 is 0 Å². The second kappa shape index (κ2) is 8.23. The number of hydrogen-bond acceptors (Lipinski definition) is 4. The van der Waals surface area contributed by atoms with Crippen molar-refractivity contribution in [3.8, 4) is 16.9 Å². The average Bonchev–Trinajstić information content (AvgIpc) is 3.46. The third kappa shape index (κ3) is 3.16. The van der Waals surface area contributed by atoms with Gasteiger partial charge in [0.1, 0.15) is 0 Å². The highest BCUT2D eigenvalue weighted by molar-refractivity contribution is 6.09. The molecule has 0 bridgehead atoms. The second-order valence-electron chi connectivity index (χ2n) is 10.4. The molecule has 4 heterocycles. The van der Waals surface area contributed by atoms with E-state index >= 15 is 0 Å². The molecular weight excluding hydrogens is 478 g/mol.